The van der Waals surface area contributed by atoms with Gasteiger partial charge in [-0.15, -0.1) is 0 Å². The number of piperidine rings is 1. The lowest BCUT2D eigenvalue weighted by atomic mass is 9.96. The maximum absolute atomic E-state index is 12.5. The molecule has 0 aliphatic carbocycles. The fourth-order valence-electron chi connectivity index (χ4n) is 3.73. The van der Waals surface area contributed by atoms with Crippen LogP contribution < -0.4 is 14.8 Å². The Morgan fingerprint density at radius 2 is 1.68 bits per heavy atom. The molecule has 0 aromatic heterocycles. The minimum atomic E-state index is -0.773. The summed E-state index contributed by atoms with van der Waals surface area (Å²) in [6, 6.07) is 15.9. The van der Waals surface area contributed by atoms with Crippen LogP contribution in [0.3, 0.4) is 0 Å². The molecule has 0 saturated carbocycles. The quantitative estimate of drug-likeness (QED) is 0.321. The van der Waals surface area contributed by atoms with Crippen LogP contribution in [0.4, 0.5) is 4.79 Å². The largest absolute Gasteiger partial charge is 0.513 e. The van der Waals surface area contributed by atoms with Gasteiger partial charge in [0.15, 0.2) is 0 Å². The van der Waals surface area contributed by atoms with E-state index in [1.807, 2.05) is 35.2 Å². The Hall–Kier alpha value is -3.55. The maximum Gasteiger partial charge on any atom is 0.513 e. The van der Waals surface area contributed by atoms with E-state index in [-0.39, 0.29) is 18.4 Å². The van der Waals surface area contributed by atoms with Crippen LogP contribution in [0.2, 0.25) is 0 Å². The van der Waals surface area contributed by atoms with Gasteiger partial charge < -0.3 is 24.4 Å². The first-order valence-corrected chi connectivity index (χ1v) is 11.7. The van der Waals surface area contributed by atoms with Gasteiger partial charge in [-0.1, -0.05) is 18.2 Å². The molecule has 0 radical (unpaired) electrons. The van der Waals surface area contributed by atoms with E-state index in [2.05, 4.69) is 5.32 Å². The van der Waals surface area contributed by atoms with Crippen molar-refractivity contribution in [1.29, 1.82) is 0 Å². The number of nitrogens with zero attached hydrogens (tertiary/aromatic N) is 1. The second-order valence-corrected chi connectivity index (χ2v) is 8.11. The van der Waals surface area contributed by atoms with Crippen LogP contribution >= 0.6 is 0 Å². The SMILES string of the molecule is CCOC(=O)Oc1ccc(C(=O)NCC2CCN(C(=O)CCCOc3ccccc3)CC2)cc1. The van der Waals surface area contributed by atoms with E-state index in [1.165, 1.54) is 0 Å². The molecule has 1 saturated heterocycles. The van der Waals surface area contributed by atoms with Crippen LogP contribution in [0, 0.1) is 5.92 Å². The zero-order valence-corrected chi connectivity index (χ0v) is 19.5. The molecular formula is C26H32N2O6. The zero-order valence-electron chi connectivity index (χ0n) is 19.5. The Bertz CT molecular complexity index is 924. The molecule has 1 aliphatic rings. The van der Waals surface area contributed by atoms with Gasteiger partial charge in [0, 0.05) is 31.6 Å². The fraction of sp³-hybridized carbons (Fsp3) is 0.423. The molecule has 0 unspecified atom stereocenters. The van der Waals surface area contributed by atoms with E-state index >= 15 is 0 Å². The number of hydrogen-bond acceptors (Lipinski definition) is 6. The second-order valence-electron chi connectivity index (χ2n) is 8.11. The van der Waals surface area contributed by atoms with Crippen LogP contribution in [0.5, 0.6) is 11.5 Å². The third kappa shape index (κ3) is 8.10. The Kier molecular flexibility index (Phi) is 9.76. The smallest absolute Gasteiger partial charge is 0.494 e. The number of benzene rings is 2. The Balaban J connectivity index is 1.31. The summed E-state index contributed by atoms with van der Waals surface area (Å²) in [5.74, 6) is 1.45. The lowest BCUT2D eigenvalue weighted by Gasteiger charge is -2.32. The molecule has 2 amide bonds. The molecule has 34 heavy (non-hydrogen) atoms. The maximum atomic E-state index is 12.5. The van der Waals surface area contributed by atoms with Crippen molar-refractivity contribution >= 4 is 18.0 Å². The third-order valence-electron chi connectivity index (χ3n) is 5.65. The van der Waals surface area contributed by atoms with Gasteiger partial charge in [0.1, 0.15) is 11.5 Å². The first-order valence-electron chi connectivity index (χ1n) is 11.7. The zero-order chi connectivity index (χ0) is 24.2. The summed E-state index contributed by atoms with van der Waals surface area (Å²) >= 11 is 0. The normalized spacial score (nSPS) is 13.7. The van der Waals surface area contributed by atoms with Gasteiger partial charge in [0.25, 0.3) is 5.91 Å². The summed E-state index contributed by atoms with van der Waals surface area (Å²) in [5, 5.41) is 2.96. The van der Waals surface area contributed by atoms with Crippen molar-refractivity contribution in [1.82, 2.24) is 10.2 Å². The Morgan fingerprint density at radius 3 is 2.35 bits per heavy atom. The number of para-hydroxylation sites is 1. The summed E-state index contributed by atoms with van der Waals surface area (Å²) in [5.41, 5.74) is 0.488. The number of carbonyl (C=O) groups is 3. The number of rotatable bonds is 10. The molecule has 8 nitrogen and oxygen atoms in total. The predicted molar refractivity (Wildman–Crippen MR) is 127 cm³/mol. The highest BCUT2D eigenvalue weighted by molar-refractivity contribution is 5.94. The monoisotopic (exact) mass is 468 g/mol. The highest BCUT2D eigenvalue weighted by Gasteiger charge is 2.23. The lowest BCUT2D eigenvalue weighted by Crippen LogP contribution is -2.41. The van der Waals surface area contributed by atoms with Crippen molar-refractivity contribution < 1.29 is 28.6 Å². The number of nitrogens with one attached hydrogen (secondary N) is 1. The van der Waals surface area contributed by atoms with E-state index in [1.54, 1.807) is 31.2 Å². The molecule has 0 atom stereocenters. The molecule has 8 heteroatoms. The molecular weight excluding hydrogens is 436 g/mol. The lowest BCUT2D eigenvalue weighted by molar-refractivity contribution is -0.132. The van der Waals surface area contributed by atoms with Crippen molar-refractivity contribution in [3.8, 4) is 11.5 Å². The summed E-state index contributed by atoms with van der Waals surface area (Å²) in [7, 11) is 0. The molecule has 0 bridgehead atoms. The summed E-state index contributed by atoms with van der Waals surface area (Å²) in [6.45, 7) is 4.43. The minimum Gasteiger partial charge on any atom is -0.494 e. The standard InChI is InChI=1S/C26H32N2O6/c1-2-32-26(31)34-23-12-10-21(11-13-23)25(30)27-19-20-14-16-28(17-15-20)24(29)9-6-18-33-22-7-4-3-5-8-22/h3-5,7-8,10-13,20H,2,6,9,14-19H2,1H3,(H,27,30). The first-order chi connectivity index (χ1) is 16.5. The van der Waals surface area contributed by atoms with Gasteiger partial charge in [0.2, 0.25) is 5.91 Å². The van der Waals surface area contributed by atoms with Crippen molar-refractivity contribution in [2.24, 2.45) is 5.92 Å². The summed E-state index contributed by atoms with van der Waals surface area (Å²) in [6.07, 6.45) is 2.11. The van der Waals surface area contributed by atoms with Gasteiger partial charge in [-0.25, -0.2) is 4.79 Å². The molecule has 1 heterocycles. The number of likely N-dealkylation sites (tertiary alicyclic amines) is 1. The van der Waals surface area contributed by atoms with Gasteiger partial charge >= 0.3 is 6.16 Å². The number of ether oxygens (including phenoxy) is 3. The summed E-state index contributed by atoms with van der Waals surface area (Å²) < 4.78 is 15.4. The fourth-order valence-corrected chi connectivity index (χ4v) is 3.73. The van der Waals surface area contributed by atoms with E-state index in [0.29, 0.717) is 56.3 Å². The minimum absolute atomic E-state index is 0.157. The van der Waals surface area contributed by atoms with E-state index < -0.39 is 6.16 Å². The van der Waals surface area contributed by atoms with E-state index in [4.69, 9.17) is 14.2 Å². The average molecular weight is 469 g/mol. The molecule has 1 fully saturated rings. The topological polar surface area (TPSA) is 94.2 Å². The van der Waals surface area contributed by atoms with Gasteiger partial charge in [-0.2, -0.15) is 0 Å². The van der Waals surface area contributed by atoms with E-state index in [9.17, 15) is 14.4 Å². The molecule has 182 valence electrons. The van der Waals surface area contributed by atoms with Gasteiger partial charge in [-0.3, -0.25) is 9.59 Å². The van der Waals surface area contributed by atoms with Crippen LogP contribution in [-0.2, 0) is 9.53 Å². The predicted octanol–water partition coefficient (Wildman–Crippen LogP) is 4.05. The molecule has 0 spiro atoms. The first kappa shape index (κ1) is 25.1. The third-order valence-corrected chi connectivity index (χ3v) is 5.65. The Labute approximate surface area is 200 Å². The highest BCUT2D eigenvalue weighted by Crippen LogP contribution is 2.18. The van der Waals surface area contributed by atoms with Crippen molar-refractivity contribution in [2.75, 3.05) is 32.8 Å². The highest BCUT2D eigenvalue weighted by atomic mass is 16.7. The molecule has 2 aromatic carbocycles. The van der Waals surface area contributed by atoms with Crippen LogP contribution in [-0.4, -0.2) is 55.7 Å². The van der Waals surface area contributed by atoms with Crippen LogP contribution in [0.25, 0.3) is 0 Å². The Morgan fingerprint density at radius 1 is 0.971 bits per heavy atom. The van der Waals surface area contributed by atoms with Crippen LogP contribution in [0.15, 0.2) is 54.6 Å². The number of amides is 2. The number of carbonyl (C=O) groups excluding carboxylic acids is 3. The van der Waals surface area contributed by atoms with Gasteiger partial charge in [-0.05, 0) is 68.5 Å². The van der Waals surface area contributed by atoms with Crippen molar-refractivity contribution in [2.45, 2.75) is 32.6 Å². The molecule has 3 rings (SSSR count). The molecule has 1 aliphatic heterocycles. The molecule has 1 N–H and O–H groups in total. The van der Waals surface area contributed by atoms with Crippen LogP contribution in [0.1, 0.15) is 43.0 Å². The molecule has 2 aromatic rings. The van der Waals surface area contributed by atoms with Gasteiger partial charge in [0.05, 0.1) is 13.2 Å². The van der Waals surface area contributed by atoms with E-state index in [0.717, 1.165) is 18.6 Å². The average Bonchev–Trinajstić information content (AvgIpc) is 2.86. The second kappa shape index (κ2) is 13.2. The number of hydrogen-bond donors (Lipinski definition) is 1. The summed E-state index contributed by atoms with van der Waals surface area (Å²) in [4.78, 5) is 38.1. The van der Waals surface area contributed by atoms with Crippen molar-refractivity contribution in [3.63, 3.8) is 0 Å². The van der Waals surface area contributed by atoms with Crippen molar-refractivity contribution in [3.05, 3.63) is 60.2 Å².